The van der Waals surface area contributed by atoms with Gasteiger partial charge in [0.15, 0.2) is 0 Å². The van der Waals surface area contributed by atoms with Crippen molar-refractivity contribution in [2.75, 3.05) is 13.7 Å². The average molecular weight is 344 g/mol. The fourth-order valence-electron chi connectivity index (χ4n) is 2.86. The van der Waals surface area contributed by atoms with Crippen LogP contribution in [-0.4, -0.2) is 49.8 Å². The average Bonchev–Trinajstić information content (AvgIpc) is 2.53. The van der Waals surface area contributed by atoms with Crippen molar-refractivity contribution in [3.8, 4) is 0 Å². The monoisotopic (exact) mass is 344 g/mol. The van der Waals surface area contributed by atoms with Crippen LogP contribution in [-0.2, 0) is 28.6 Å². The highest BCUT2D eigenvalue weighted by molar-refractivity contribution is 5.92. The van der Waals surface area contributed by atoms with Crippen LogP contribution >= 0.6 is 0 Å². The second kappa shape index (κ2) is 9.71. The summed E-state index contributed by atoms with van der Waals surface area (Å²) in [5.74, 6) is -1.81. The Morgan fingerprint density at radius 3 is 2.12 bits per heavy atom. The fraction of sp³-hybridized carbons (Fsp3) is 0.812. The summed E-state index contributed by atoms with van der Waals surface area (Å²) < 4.78 is 14.8. The zero-order valence-electron chi connectivity index (χ0n) is 14.5. The number of rotatable bonds is 7. The van der Waals surface area contributed by atoms with Crippen molar-refractivity contribution in [2.24, 2.45) is 23.3 Å². The standard InChI is InChI=1S/C16H28N2O6/c1-9-5-4-6-10(2)14(9)23-8-12(18)16(21)24-15(20)11(17)7-13(19)22-3/h9-12,14H,4-8,17-18H2,1-3H3/t9?,10?,11-,12-,14?/m0/s1. The molecule has 138 valence electrons. The van der Waals surface area contributed by atoms with E-state index in [1.807, 2.05) is 0 Å². The number of methoxy groups -OCH3 is 1. The number of carbonyl (C=O) groups excluding carboxylic acids is 3. The Kier molecular flexibility index (Phi) is 8.30. The highest BCUT2D eigenvalue weighted by atomic mass is 16.6. The molecule has 1 rings (SSSR count). The summed E-state index contributed by atoms with van der Waals surface area (Å²) in [5, 5.41) is 0. The largest absolute Gasteiger partial charge is 0.469 e. The zero-order chi connectivity index (χ0) is 18.3. The predicted octanol–water partition coefficient (Wildman–Crippen LogP) is 0.115. The molecular weight excluding hydrogens is 316 g/mol. The van der Waals surface area contributed by atoms with Gasteiger partial charge >= 0.3 is 17.9 Å². The lowest BCUT2D eigenvalue weighted by Gasteiger charge is -2.34. The molecule has 1 fully saturated rings. The molecule has 0 aromatic rings. The van der Waals surface area contributed by atoms with Crippen LogP contribution in [0.25, 0.3) is 0 Å². The molecule has 0 amide bonds. The highest BCUT2D eigenvalue weighted by Gasteiger charge is 2.31. The molecule has 2 unspecified atom stereocenters. The number of nitrogens with two attached hydrogens (primary N) is 2. The van der Waals surface area contributed by atoms with E-state index in [1.165, 1.54) is 13.5 Å². The molecule has 4 atom stereocenters. The number of carbonyl (C=O) groups is 3. The Morgan fingerprint density at radius 2 is 1.58 bits per heavy atom. The van der Waals surface area contributed by atoms with Gasteiger partial charge in [-0.25, -0.2) is 9.59 Å². The maximum atomic E-state index is 11.8. The first-order chi connectivity index (χ1) is 11.3. The summed E-state index contributed by atoms with van der Waals surface area (Å²) in [6.45, 7) is 4.19. The molecule has 8 nitrogen and oxygen atoms in total. The SMILES string of the molecule is COC(=O)C[C@H](N)C(=O)OC(=O)[C@@H](N)COC1C(C)CCCC1C. The Hall–Kier alpha value is -1.51. The van der Waals surface area contributed by atoms with E-state index >= 15 is 0 Å². The van der Waals surface area contributed by atoms with Crippen LogP contribution < -0.4 is 11.5 Å². The zero-order valence-corrected chi connectivity index (χ0v) is 14.5. The molecule has 0 bridgehead atoms. The lowest BCUT2D eigenvalue weighted by Crippen LogP contribution is -2.44. The van der Waals surface area contributed by atoms with Crippen molar-refractivity contribution >= 4 is 17.9 Å². The lowest BCUT2D eigenvalue weighted by atomic mass is 9.80. The first-order valence-corrected chi connectivity index (χ1v) is 8.21. The number of hydrogen-bond donors (Lipinski definition) is 2. The molecule has 1 aliphatic rings. The van der Waals surface area contributed by atoms with Gasteiger partial charge in [0.1, 0.15) is 12.1 Å². The van der Waals surface area contributed by atoms with E-state index in [-0.39, 0.29) is 19.1 Å². The molecule has 1 aliphatic carbocycles. The number of hydrogen-bond acceptors (Lipinski definition) is 8. The predicted molar refractivity (Wildman–Crippen MR) is 85.6 cm³/mol. The van der Waals surface area contributed by atoms with Crippen LogP contribution in [0.1, 0.15) is 39.5 Å². The fourth-order valence-corrected chi connectivity index (χ4v) is 2.86. The summed E-state index contributed by atoms with van der Waals surface area (Å²) in [7, 11) is 1.17. The second-order valence-corrected chi connectivity index (χ2v) is 6.42. The summed E-state index contributed by atoms with van der Waals surface area (Å²) in [6, 6.07) is -2.35. The normalized spacial score (nSPS) is 26.3. The molecule has 1 saturated carbocycles. The van der Waals surface area contributed by atoms with Crippen molar-refractivity contribution in [3.05, 3.63) is 0 Å². The minimum atomic E-state index is -1.27. The minimum Gasteiger partial charge on any atom is -0.469 e. The van der Waals surface area contributed by atoms with Crippen LogP contribution in [0.4, 0.5) is 0 Å². The van der Waals surface area contributed by atoms with Gasteiger partial charge in [-0.1, -0.05) is 20.3 Å². The van der Waals surface area contributed by atoms with Gasteiger partial charge in [0.05, 0.1) is 26.2 Å². The molecule has 0 heterocycles. The topological polar surface area (TPSA) is 131 Å². The quantitative estimate of drug-likeness (QED) is 0.491. The first-order valence-electron chi connectivity index (χ1n) is 8.21. The molecular formula is C16H28N2O6. The molecule has 4 N–H and O–H groups in total. The van der Waals surface area contributed by atoms with Crippen LogP contribution in [0.2, 0.25) is 0 Å². The molecule has 8 heteroatoms. The van der Waals surface area contributed by atoms with Gasteiger partial charge in [-0.2, -0.15) is 0 Å². The molecule has 0 aromatic heterocycles. The Labute approximate surface area is 142 Å². The molecule has 0 saturated heterocycles. The van der Waals surface area contributed by atoms with Crippen molar-refractivity contribution in [1.82, 2.24) is 0 Å². The Balaban J connectivity index is 2.41. The van der Waals surface area contributed by atoms with Crippen LogP contribution in [0.3, 0.4) is 0 Å². The lowest BCUT2D eigenvalue weighted by molar-refractivity contribution is -0.164. The molecule has 0 aliphatic heterocycles. The Bertz CT molecular complexity index is 446. The van der Waals surface area contributed by atoms with Crippen LogP contribution in [0.15, 0.2) is 0 Å². The van der Waals surface area contributed by atoms with Gasteiger partial charge in [0.25, 0.3) is 0 Å². The Morgan fingerprint density at radius 1 is 1.04 bits per heavy atom. The maximum Gasteiger partial charge on any atom is 0.333 e. The van der Waals surface area contributed by atoms with Gasteiger partial charge in [-0.15, -0.1) is 0 Å². The summed E-state index contributed by atoms with van der Waals surface area (Å²) in [5.41, 5.74) is 11.2. The smallest absolute Gasteiger partial charge is 0.333 e. The third-order valence-electron chi connectivity index (χ3n) is 4.33. The van der Waals surface area contributed by atoms with Crippen molar-refractivity contribution in [2.45, 2.75) is 57.7 Å². The van der Waals surface area contributed by atoms with Crippen molar-refractivity contribution in [3.63, 3.8) is 0 Å². The van der Waals surface area contributed by atoms with E-state index in [1.54, 1.807) is 0 Å². The van der Waals surface area contributed by atoms with E-state index in [4.69, 9.17) is 16.2 Å². The van der Waals surface area contributed by atoms with Gasteiger partial charge in [-0.05, 0) is 24.7 Å². The molecule has 0 radical (unpaired) electrons. The highest BCUT2D eigenvalue weighted by Crippen LogP contribution is 2.31. The molecule has 24 heavy (non-hydrogen) atoms. The maximum absolute atomic E-state index is 11.8. The van der Waals surface area contributed by atoms with E-state index in [2.05, 4.69) is 23.3 Å². The van der Waals surface area contributed by atoms with Gasteiger partial charge in [0, 0.05) is 0 Å². The molecule has 0 spiro atoms. The first kappa shape index (κ1) is 20.5. The van der Waals surface area contributed by atoms with Crippen LogP contribution in [0.5, 0.6) is 0 Å². The van der Waals surface area contributed by atoms with Crippen LogP contribution in [0, 0.1) is 11.8 Å². The van der Waals surface area contributed by atoms with E-state index < -0.39 is 30.0 Å². The van der Waals surface area contributed by atoms with Crippen molar-refractivity contribution in [1.29, 1.82) is 0 Å². The third-order valence-corrected chi connectivity index (χ3v) is 4.33. The summed E-state index contributed by atoms with van der Waals surface area (Å²) in [6.07, 6.45) is 2.99. The van der Waals surface area contributed by atoms with Crippen molar-refractivity contribution < 1.29 is 28.6 Å². The second-order valence-electron chi connectivity index (χ2n) is 6.42. The van der Waals surface area contributed by atoms with Gasteiger partial charge in [0.2, 0.25) is 0 Å². The number of ether oxygens (including phenoxy) is 3. The van der Waals surface area contributed by atoms with E-state index in [0.29, 0.717) is 11.8 Å². The van der Waals surface area contributed by atoms with Gasteiger partial charge < -0.3 is 25.7 Å². The van der Waals surface area contributed by atoms with E-state index in [9.17, 15) is 14.4 Å². The van der Waals surface area contributed by atoms with Gasteiger partial charge in [-0.3, -0.25) is 4.79 Å². The molecule has 0 aromatic carbocycles. The third kappa shape index (κ3) is 6.18. The van der Waals surface area contributed by atoms with E-state index in [0.717, 1.165) is 12.8 Å². The summed E-state index contributed by atoms with van der Waals surface area (Å²) in [4.78, 5) is 34.5. The minimum absolute atomic E-state index is 0.0301. The number of esters is 3. The summed E-state index contributed by atoms with van der Waals surface area (Å²) >= 11 is 0.